The van der Waals surface area contributed by atoms with Crippen LogP contribution >= 0.6 is 11.8 Å². The number of thioether (sulfide) groups is 1. The Labute approximate surface area is 65.8 Å². The quantitative estimate of drug-likeness (QED) is 0.481. The van der Waals surface area contributed by atoms with Gasteiger partial charge >= 0.3 is 0 Å². The highest BCUT2D eigenvalue weighted by atomic mass is 32.2. The van der Waals surface area contributed by atoms with Crippen molar-refractivity contribution in [3.8, 4) is 0 Å². The van der Waals surface area contributed by atoms with Crippen molar-refractivity contribution in [3.05, 3.63) is 0 Å². The second-order valence-electron chi connectivity index (χ2n) is 2.13. The molecule has 10 heavy (non-hydrogen) atoms. The monoisotopic (exact) mass is 162 g/mol. The average Bonchev–Trinajstić information content (AvgIpc) is 1.85. The van der Waals surface area contributed by atoms with Crippen LogP contribution in [0.15, 0.2) is 0 Å². The van der Waals surface area contributed by atoms with Crippen LogP contribution in [-0.4, -0.2) is 23.6 Å². The van der Waals surface area contributed by atoms with E-state index < -0.39 is 0 Å². The van der Waals surface area contributed by atoms with E-state index in [-0.39, 0.29) is 16.5 Å². The molecule has 0 spiro atoms. The van der Waals surface area contributed by atoms with Crippen molar-refractivity contribution in [2.75, 3.05) is 7.11 Å². The minimum Gasteiger partial charge on any atom is -0.381 e. The molecule has 0 heterocycles. The van der Waals surface area contributed by atoms with E-state index in [0.717, 1.165) is 0 Å². The number of methoxy groups -OCH3 is 1. The Morgan fingerprint density at radius 3 is 2.40 bits per heavy atom. The van der Waals surface area contributed by atoms with Crippen LogP contribution in [0.5, 0.6) is 0 Å². The molecule has 3 nitrogen and oxygen atoms in total. The van der Waals surface area contributed by atoms with Crippen molar-refractivity contribution in [2.45, 2.75) is 25.2 Å². The predicted molar refractivity (Wildman–Crippen MR) is 45.4 cm³/mol. The topological polar surface area (TPSA) is 59.1 Å². The fraction of sp³-hybridized carbons (Fsp3) is 0.833. The second kappa shape index (κ2) is 4.57. The van der Waals surface area contributed by atoms with E-state index in [9.17, 15) is 0 Å². The van der Waals surface area contributed by atoms with Crippen molar-refractivity contribution >= 4 is 16.9 Å². The number of nitrogens with one attached hydrogen (secondary N) is 1. The van der Waals surface area contributed by atoms with Gasteiger partial charge in [0, 0.05) is 12.4 Å². The summed E-state index contributed by atoms with van der Waals surface area (Å²) in [5.74, 6) is 0. The smallest absolute Gasteiger partial charge is 0.151 e. The Bertz CT molecular complexity index is 118. The van der Waals surface area contributed by atoms with E-state index >= 15 is 0 Å². The summed E-state index contributed by atoms with van der Waals surface area (Å²) in [5.41, 5.74) is 5.18. The summed E-state index contributed by atoms with van der Waals surface area (Å²) in [6.07, 6.45) is 0.147. The molecule has 1 unspecified atom stereocenters. The number of nitrogens with two attached hydrogens (primary N) is 1. The van der Waals surface area contributed by atoms with Crippen LogP contribution < -0.4 is 5.73 Å². The van der Waals surface area contributed by atoms with Crippen molar-refractivity contribution in [2.24, 2.45) is 5.73 Å². The first-order valence-electron chi connectivity index (χ1n) is 3.11. The number of ether oxygens (including phenoxy) is 1. The van der Waals surface area contributed by atoms with Gasteiger partial charge in [-0.05, 0) is 6.92 Å². The maximum atomic E-state index is 6.98. The van der Waals surface area contributed by atoms with Gasteiger partial charge in [0.2, 0.25) is 0 Å². The highest BCUT2D eigenvalue weighted by molar-refractivity contribution is 8.14. The summed E-state index contributed by atoms with van der Waals surface area (Å²) in [6, 6.07) is 0. The van der Waals surface area contributed by atoms with Crippen molar-refractivity contribution in [3.63, 3.8) is 0 Å². The first-order chi connectivity index (χ1) is 4.57. The Morgan fingerprint density at radius 1 is 1.60 bits per heavy atom. The minimum absolute atomic E-state index is 0.147. The molecule has 0 aliphatic heterocycles. The fourth-order valence-electron chi connectivity index (χ4n) is 0.488. The summed E-state index contributed by atoms with van der Waals surface area (Å²) in [4.78, 5) is 0. The first kappa shape index (κ1) is 9.78. The molecule has 0 aliphatic carbocycles. The number of hydrogen-bond acceptors (Lipinski definition) is 3. The van der Waals surface area contributed by atoms with Crippen LogP contribution in [-0.2, 0) is 4.74 Å². The zero-order chi connectivity index (χ0) is 8.15. The van der Waals surface area contributed by atoms with Gasteiger partial charge in [-0.2, -0.15) is 0 Å². The summed E-state index contributed by atoms with van der Waals surface area (Å²) >= 11 is 1.32. The van der Waals surface area contributed by atoms with Gasteiger partial charge in [0.1, 0.15) is 0 Å². The molecular weight excluding hydrogens is 148 g/mol. The maximum absolute atomic E-state index is 6.98. The maximum Gasteiger partial charge on any atom is 0.151 e. The standard InChI is InChI=1S/C6H14N2OS/c1-4(9-3)5(2)10-6(7)8/h4-5H,1-3H3,(H3,7,8)/t4?,5-/m0/s1. The molecule has 0 aromatic rings. The largest absolute Gasteiger partial charge is 0.381 e. The molecule has 0 bridgehead atoms. The normalized spacial score (nSPS) is 16.3. The van der Waals surface area contributed by atoms with Crippen LogP contribution in [0.2, 0.25) is 0 Å². The molecule has 0 rings (SSSR count). The molecular formula is C6H14N2OS. The van der Waals surface area contributed by atoms with Crippen LogP contribution in [0.4, 0.5) is 0 Å². The molecule has 0 saturated heterocycles. The molecule has 0 aromatic carbocycles. The van der Waals surface area contributed by atoms with Gasteiger partial charge < -0.3 is 10.5 Å². The fourth-order valence-corrected chi connectivity index (χ4v) is 1.19. The van der Waals surface area contributed by atoms with Crippen LogP contribution in [0.3, 0.4) is 0 Å². The summed E-state index contributed by atoms with van der Waals surface area (Å²) < 4.78 is 5.04. The van der Waals surface area contributed by atoms with E-state index in [4.69, 9.17) is 15.9 Å². The summed E-state index contributed by atoms with van der Waals surface area (Å²) in [6.45, 7) is 3.95. The first-order valence-corrected chi connectivity index (χ1v) is 3.99. The Hall–Kier alpha value is -0.220. The van der Waals surface area contributed by atoms with E-state index in [1.807, 2.05) is 13.8 Å². The number of amidine groups is 1. The Balaban J connectivity index is 3.61. The molecule has 0 aromatic heterocycles. The van der Waals surface area contributed by atoms with Gasteiger partial charge in [-0.25, -0.2) is 0 Å². The summed E-state index contributed by atoms with van der Waals surface area (Å²) in [7, 11) is 1.65. The SMILES string of the molecule is COC(C)[C@H](C)SC(=N)N. The molecule has 3 N–H and O–H groups in total. The lowest BCUT2D eigenvalue weighted by atomic mass is 10.3. The van der Waals surface area contributed by atoms with Crippen LogP contribution in [0.25, 0.3) is 0 Å². The molecule has 4 heteroatoms. The van der Waals surface area contributed by atoms with Crippen molar-refractivity contribution in [1.82, 2.24) is 0 Å². The lowest BCUT2D eigenvalue weighted by Crippen LogP contribution is -2.22. The van der Waals surface area contributed by atoms with Crippen LogP contribution in [0.1, 0.15) is 13.8 Å². The van der Waals surface area contributed by atoms with Crippen molar-refractivity contribution in [1.29, 1.82) is 5.41 Å². The number of rotatable bonds is 3. The molecule has 60 valence electrons. The zero-order valence-corrected chi connectivity index (χ0v) is 7.37. The Morgan fingerprint density at radius 2 is 2.10 bits per heavy atom. The molecule has 0 radical (unpaired) electrons. The predicted octanol–water partition coefficient (Wildman–Crippen LogP) is 1.04. The van der Waals surface area contributed by atoms with Crippen molar-refractivity contribution < 1.29 is 4.74 Å². The zero-order valence-electron chi connectivity index (χ0n) is 6.55. The summed E-state index contributed by atoms with van der Waals surface area (Å²) in [5, 5.41) is 7.38. The van der Waals surface area contributed by atoms with E-state index in [1.165, 1.54) is 11.8 Å². The average molecular weight is 162 g/mol. The van der Waals surface area contributed by atoms with Gasteiger partial charge in [-0.3, -0.25) is 5.41 Å². The third-order valence-corrected chi connectivity index (χ3v) is 2.35. The second-order valence-corrected chi connectivity index (χ2v) is 3.55. The van der Waals surface area contributed by atoms with Gasteiger partial charge in [0.25, 0.3) is 0 Å². The van der Waals surface area contributed by atoms with E-state index in [2.05, 4.69) is 0 Å². The van der Waals surface area contributed by atoms with Gasteiger partial charge in [0.05, 0.1) is 6.10 Å². The van der Waals surface area contributed by atoms with Crippen LogP contribution in [0, 0.1) is 5.41 Å². The third kappa shape index (κ3) is 3.74. The highest BCUT2D eigenvalue weighted by Gasteiger charge is 2.12. The molecule has 0 aliphatic rings. The molecule has 0 amide bonds. The number of hydrogen-bond donors (Lipinski definition) is 2. The molecule has 0 saturated carbocycles. The highest BCUT2D eigenvalue weighted by Crippen LogP contribution is 2.14. The molecule has 2 atom stereocenters. The van der Waals surface area contributed by atoms with E-state index in [1.54, 1.807) is 7.11 Å². The third-order valence-electron chi connectivity index (χ3n) is 1.35. The van der Waals surface area contributed by atoms with E-state index in [0.29, 0.717) is 0 Å². The van der Waals surface area contributed by atoms with Gasteiger partial charge in [0.15, 0.2) is 5.17 Å². The lowest BCUT2D eigenvalue weighted by Gasteiger charge is -2.16. The lowest BCUT2D eigenvalue weighted by molar-refractivity contribution is 0.120. The van der Waals surface area contributed by atoms with Gasteiger partial charge in [-0.15, -0.1) is 0 Å². The molecule has 0 fully saturated rings. The Kier molecular flexibility index (Phi) is 4.47. The minimum atomic E-state index is 0.147. The van der Waals surface area contributed by atoms with Gasteiger partial charge in [-0.1, -0.05) is 18.7 Å².